The third-order valence-electron chi connectivity index (χ3n) is 1.98. The summed E-state index contributed by atoms with van der Waals surface area (Å²) in [7, 11) is 1.49. The number of aromatic hydroxyl groups is 1. The summed E-state index contributed by atoms with van der Waals surface area (Å²) >= 11 is 5.90. The lowest BCUT2D eigenvalue weighted by Crippen LogP contribution is -2.34. The van der Waals surface area contributed by atoms with Crippen molar-refractivity contribution in [3.05, 3.63) is 22.7 Å². The molecule has 1 rings (SSSR count). The summed E-state index contributed by atoms with van der Waals surface area (Å²) in [6.45, 7) is 3.78. The number of hydrogen-bond acceptors (Lipinski definition) is 3. The van der Waals surface area contributed by atoms with Gasteiger partial charge in [-0.1, -0.05) is 11.6 Å². The van der Waals surface area contributed by atoms with E-state index >= 15 is 0 Å². The van der Waals surface area contributed by atoms with E-state index in [0.717, 1.165) is 0 Å². The Labute approximate surface area is 94.8 Å². The van der Waals surface area contributed by atoms with Gasteiger partial charge in [0.2, 0.25) is 0 Å². The monoisotopic (exact) mass is 229 g/mol. The van der Waals surface area contributed by atoms with Crippen molar-refractivity contribution in [1.82, 2.24) is 0 Å². The Kier molecular flexibility index (Phi) is 3.47. The molecule has 0 saturated heterocycles. The zero-order valence-corrected chi connectivity index (χ0v) is 9.93. The van der Waals surface area contributed by atoms with E-state index in [9.17, 15) is 5.11 Å². The quantitative estimate of drug-likeness (QED) is 0.837. The third-order valence-corrected chi connectivity index (χ3v) is 2.20. The summed E-state index contributed by atoms with van der Waals surface area (Å²) in [6, 6.07) is 3.28. The Morgan fingerprint density at radius 1 is 1.47 bits per heavy atom. The summed E-state index contributed by atoms with van der Waals surface area (Å²) in [4.78, 5) is 0. The Hall–Kier alpha value is -0.930. The Morgan fingerprint density at radius 2 is 2.07 bits per heavy atom. The second kappa shape index (κ2) is 4.29. The fourth-order valence-electron chi connectivity index (χ4n) is 1.41. The second-order valence-corrected chi connectivity index (χ2v) is 4.72. The van der Waals surface area contributed by atoms with Gasteiger partial charge in [-0.2, -0.15) is 0 Å². The smallest absolute Gasteiger partial charge is 0.162 e. The molecule has 84 valence electrons. The van der Waals surface area contributed by atoms with Crippen LogP contribution in [0.25, 0.3) is 0 Å². The summed E-state index contributed by atoms with van der Waals surface area (Å²) in [5.74, 6) is 0.488. The van der Waals surface area contributed by atoms with Gasteiger partial charge in [0.25, 0.3) is 0 Å². The highest BCUT2D eigenvalue weighted by Crippen LogP contribution is 2.34. The Bertz CT molecular complexity index is 358. The molecule has 0 spiro atoms. The molecule has 4 heteroatoms. The van der Waals surface area contributed by atoms with E-state index in [-0.39, 0.29) is 5.75 Å². The predicted octanol–water partition coefficient (Wildman–Crippen LogP) is 2.33. The van der Waals surface area contributed by atoms with Gasteiger partial charge in [-0.25, -0.2) is 0 Å². The van der Waals surface area contributed by atoms with Gasteiger partial charge >= 0.3 is 0 Å². The maximum absolute atomic E-state index is 9.84. The van der Waals surface area contributed by atoms with Crippen LogP contribution in [0.3, 0.4) is 0 Å². The number of nitrogens with two attached hydrogens (primary N) is 1. The molecule has 0 saturated carbocycles. The first-order valence-electron chi connectivity index (χ1n) is 4.68. The first-order valence-corrected chi connectivity index (χ1v) is 5.05. The minimum atomic E-state index is -0.396. The maximum atomic E-state index is 9.84. The van der Waals surface area contributed by atoms with Crippen molar-refractivity contribution in [3.63, 3.8) is 0 Å². The minimum Gasteiger partial charge on any atom is -0.504 e. The van der Waals surface area contributed by atoms with Crippen molar-refractivity contribution >= 4 is 11.6 Å². The lowest BCUT2D eigenvalue weighted by atomic mass is 9.95. The van der Waals surface area contributed by atoms with Gasteiger partial charge in [0.15, 0.2) is 11.5 Å². The first kappa shape index (κ1) is 12.1. The lowest BCUT2D eigenvalue weighted by Gasteiger charge is -2.20. The molecular weight excluding hydrogens is 214 g/mol. The van der Waals surface area contributed by atoms with Crippen molar-refractivity contribution in [3.8, 4) is 11.5 Å². The van der Waals surface area contributed by atoms with E-state index < -0.39 is 5.54 Å². The van der Waals surface area contributed by atoms with E-state index in [0.29, 0.717) is 22.8 Å². The molecule has 3 nitrogen and oxygen atoms in total. The highest BCUT2D eigenvalue weighted by molar-refractivity contribution is 6.30. The van der Waals surface area contributed by atoms with E-state index in [1.807, 2.05) is 13.8 Å². The van der Waals surface area contributed by atoms with Crippen LogP contribution in [-0.2, 0) is 6.42 Å². The zero-order valence-electron chi connectivity index (χ0n) is 9.17. The molecule has 0 amide bonds. The van der Waals surface area contributed by atoms with E-state index in [1.54, 1.807) is 12.1 Å². The second-order valence-electron chi connectivity index (χ2n) is 4.28. The predicted molar refractivity (Wildman–Crippen MR) is 61.6 cm³/mol. The number of phenols is 1. The van der Waals surface area contributed by atoms with Crippen molar-refractivity contribution in [2.45, 2.75) is 25.8 Å². The molecule has 0 aliphatic rings. The van der Waals surface area contributed by atoms with Gasteiger partial charge < -0.3 is 15.6 Å². The number of methoxy groups -OCH3 is 1. The van der Waals surface area contributed by atoms with Crippen LogP contribution in [0.4, 0.5) is 0 Å². The average Bonchev–Trinajstić information content (AvgIpc) is 2.08. The summed E-state index contributed by atoms with van der Waals surface area (Å²) in [6.07, 6.45) is 0.537. The topological polar surface area (TPSA) is 55.5 Å². The normalized spacial score (nSPS) is 11.5. The van der Waals surface area contributed by atoms with Crippen LogP contribution in [-0.4, -0.2) is 17.8 Å². The number of benzene rings is 1. The molecule has 0 bridgehead atoms. The van der Waals surface area contributed by atoms with Crippen molar-refractivity contribution in [1.29, 1.82) is 0 Å². The SMILES string of the molecule is COc1cc(Cl)cc(CC(C)(C)N)c1O. The van der Waals surface area contributed by atoms with Gasteiger partial charge in [0, 0.05) is 22.2 Å². The molecular formula is C11H16ClNO2. The van der Waals surface area contributed by atoms with Crippen LogP contribution < -0.4 is 10.5 Å². The minimum absolute atomic E-state index is 0.112. The largest absolute Gasteiger partial charge is 0.504 e. The number of phenolic OH excluding ortho intramolecular Hbond substituents is 1. The highest BCUT2D eigenvalue weighted by Gasteiger charge is 2.17. The lowest BCUT2D eigenvalue weighted by molar-refractivity contribution is 0.367. The molecule has 0 aromatic heterocycles. The number of halogens is 1. The van der Waals surface area contributed by atoms with Gasteiger partial charge in [-0.05, 0) is 26.3 Å². The third kappa shape index (κ3) is 3.29. The summed E-state index contributed by atoms with van der Waals surface area (Å²) in [5.41, 5.74) is 6.19. The summed E-state index contributed by atoms with van der Waals surface area (Å²) in [5, 5.41) is 10.4. The molecule has 0 radical (unpaired) electrons. The van der Waals surface area contributed by atoms with Crippen LogP contribution >= 0.6 is 11.6 Å². The molecule has 3 N–H and O–H groups in total. The van der Waals surface area contributed by atoms with Crippen LogP contribution in [0.2, 0.25) is 5.02 Å². The average molecular weight is 230 g/mol. The molecule has 0 aliphatic heterocycles. The number of rotatable bonds is 3. The molecule has 1 aromatic rings. The van der Waals surface area contributed by atoms with Crippen LogP contribution in [0, 0.1) is 0 Å². The number of hydrogen-bond donors (Lipinski definition) is 2. The Balaban J connectivity index is 3.12. The zero-order chi connectivity index (χ0) is 11.6. The van der Waals surface area contributed by atoms with Gasteiger partial charge in [-0.3, -0.25) is 0 Å². The fourth-order valence-corrected chi connectivity index (χ4v) is 1.64. The molecule has 0 heterocycles. The van der Waals surface area contributed by atoms with Crippen molar-refractivity contribution < 1.29 is 9.84 Å². The van der Waals surface area contributed by atoms with E-state index in [4.69, 9.17) is 22.1 Å². The van der Waals surface area contributed by atoms with Gasteiger partial charge in [0.05, 0.1) is 7.11 Å². The Morgan fingerprint density at radius 3 is 2.53 bits per heavy atom. The van der Waals surface area contributed by atoms with E-state index in [2.05, 4.69) is 0 Å². The summed E-state index contributed by atoms with van der Waals surface area (Å²) < 4.78 is 5.01. The van der Waals surface area contributed by atoms with Crippen molar-refractivity contribution in [2.24, 2.45) is 5.73 Å². The number of ether oxygens (including phenoxy) is 1. The van der Waals surface area contributed by atoms with Gasteiger partial charge in [-0.15, -0.1) is 0 Å². The molecule has 0 unspecified atom stereocenters. The standard InChI is InChI=1S/C11H16ClNO2/c1-11(2,13)6-7-4-8(12)5-9(15-3)10(7)14/h4-5,14H,6,13H2,1-3H3. The molecule has 15 heavy (non-hydrogen) atoms. The first-order chi connectivity index (χ1) is 6.83. The van der Waals surface area contributed by atoms with Crippen molar-refractivity contribution in [2.75, 3.05) is 7.11 Å². The fraction of sp³-hybridized carbons (Fsp3) is 0.455. The molecule has 0 fully saturated rings. The maximum Gasteiger partial charge on any atom is 0.162 e. The molecule has 0 aliphatic carbocycles. The van der Waals surface area contributed by atoms with Crippen LogP contribution in [0.15, 0.2) is 12.1 Å². The van der Waals surface area contributed by atoms with E-state index in [1.165, 1.54) is 7.11 Å². The molecule has 1 aromatic carbocycles. The molecule has 0 atom stereocenters. The van der Waals surface area contributed by atoms with Crippen LogP contribution in [0.5, 0.6) is 11.5 Å². The van der Waals surface area contributed by atoms with Crippen LogP contribution in [0.1, 0.15) is 19.4 Å². The van der Waals surface area contributed by atoms with Gasteiger partial charge in [0.1, 0.15) is 0 Å². The highest BCUT2D eigenvalue weighted by atomic mass is 35.5.